The number of carbonyl (C=O) groups excluding carboxylic acids is 1. The Bertz CT molecular complexity index is 523. The molecule has 3 saturated carbocycles. The minimum Gasteiger partial charge on any atom is -0.393 e. The van der Waals surface area contributed by atoms with Crippen LogP contribution in [0.5, 0.6) is 0 Å². The topological polar surface area (TPSA) is 46.5 Å². The molecule has 0 radical (unpaired) electrons. The molecule has 138 valence electrons. The van der Waals surface area contributed by atoms with Crippen molar-refractivity contribution >= 4 is 15.2 Å². The minimum absolute atomic E-state index is 0.00257. The van der Waals surface area contributed by atoms with Gasteiger partial charge in [-0.15, -0.1) is 0 Å². The highest BCUT2D eigenvalue weighted by Crippen LogP contribution is 2.68. The Hall–Kier alpha value is 0.0200. The van der Waals surface area contributed by atoms with Crippen molar-refractivity contribution in [1.82, 2.24) is 0 Å². The van der Waals surface area contributed by atoms with Crippen LogP contribution in [0, 0.1) is 34.0 Å². The van der Waals surface area contributed by atoms with Gasteiger partial charge in [-0.05, 0) is 54.8 Å². The quantitative estimate of drug-likeness (QED) is 0.749. The zero-order chi connectivity index (χ0) is 17.9. The Morgan fingerprint density at radius 2 is 1.96 bits per heavy atom. The Balaban J connectivity index is 2.20. The van der Waals surface area contributed by atoms with E-state index >= 15 is 0 Å². The van der Waals surface area contributed by atoms with Crippen LogP contribution >= 0.6 is 9.47 Å². The number of hydrogen-bond donors (Lipinski definition) is 1. The Labute approximate surface area is 149 Å². The SMILES string of the molecule is CC[C@]1(C)C[C@@H](O)[C@@]2(C)C3C(=O)CC[C@@]3(CC[C@H]2C)[C@@H](C)[C@@H]1OP. The van der Waals surface area contributed by atoms with Crippen molar-refractivity contribution < 1.29 is 14.4 Å². The smallest absolute Gasteiger partial charge is 0.137 e. The molecule has 2 unspecified atom stereocenters. The predicted octanol–water partition coefficient (Wildman–Crippen LogP) is 4.38. The molecule has 0 aromatic heterocycles. The molecule has 0 aromatic rings. The van der Waals surface area contributed by atoms with Crippen LogP contribution in [0.1, 0.15) is 73.1 Å². The van der Waals surface area contributed by atoms with Crippen molar-refractivity contribution in [3.63, 3.8) is 0 Å². The first-order chi connectivity index (χ1) is 11.2. The van der Waals surface area contributed by atoms with Crippen LogP contribution in [0.2, 0.25) is 0 Å². The first kappa shape index (κ1) is 18.8. The van der Waals surface area contributed by atoms with E-state index in [1.54, 1.807) is 0 Å². The molecule has 2 bridgehead atoms. The van der Waals surface area contributed by atoms with E-state index in [9.17, 15) is 9.90 Å². The van der Waals surface area contributed by atoms with Crippen molar-refractivity contribution in [2.24, 2.45) is 34.0 Å². The lowest BCUT2D eigenvalue weighted by Gasteiger charge is -2.62. The lowest BCUT2D eigenvalue weighted by Crippen LogP contribution is -2.62. The summed E-state index contributed by atoms with van der Waals surface area (Å²) in [5.41, 5.74) is -0.373. The number of aliphatic hydroxyl groups excluding tert-OH is 1. The van der Waals surface area contributed by atoms with Crippen LogP contribution in [-0.2, 0) is 9.32 Å². The third-order valence-corrected chi connectivity index (χ3v) is 9.13. The summed E-state index contributed by atoms with van der Waals surface area (Å²) in [6.07, 6.45) is 5.16. The van der Waals surface area contributed by atoms with Gasteiger partial charge >= 0.3 is 0 Å². The third-order valence-electron chi connectivity index (χ3n) is 8.84. The Morgan fingerprint density at radius 3 is 2.54 bits per heavy atom. The molecule has 0 spiro atoms. The lowest BCUT2D eigenvalue weighted by atomic mass is 9.43. The summed E-state index contributed by atoms with van der Waals surface area (Å²) in [7, 11) is 2.48. The molecule has 0 heterocycles. The van der Waals surface area contributed by atoms with Gasteiger partial charge in [0.1, 0.15) is 5.78 Å². The van der Waals surface area contributed by atoms with Crippen molar-refractivity contribution in [3.05, 3.63) is 0 Å². The molecule has 3 rings (SSSR count). The number of Topliss-reactive ketones (excluding diaryl/α,β-unsaturated/α-hetero) is 1. The zero-order valence-electron chi connectivity index (χ0n) is 16.0. The van der Waals surface area contributed by atoms with Crippen LogP contribution in [0.4, 0.5) is 0 Å². The summed E-state index contributed by atoms with van der Waals surface area (Å²) < 4.78 is 5.98. The fourth-order valence-electron chi connectivity index (χ4n) is 6.83. The number of aliphatic hydroxyl groups is 1. The van der Waals surface area contributed by atoms with Gasteiger partial charge in [0, 0.05) is 27.2 Å². The fraction of sp³-hybridized carbons (Fsp3) is 0.950. The molecule has 0 aliphatic heterocycles. The first-order valence-corrected chi connectivity index (χ1v) is 10.2. The molecule has 9 atom stereocenters. The summed E-state index contributed by atoms with van der Waals surface area (Å²) in [5.74, 6) is 1.09. The van der Waals surface area contributed by atoms with Crippen molar-refractivity contribution in [2.75, 3.05) is 0 Å². The number of hydrogen-bond acceptors (Lipinski definition) is 3. The highest BCUT2D eigenvalue weighted by atomic mass is 31.0. The lowest BCUT2D eigenvalue weighted by molar-refractivity contribution is -0.192. The molecule has 1 N–H and O–H groups in total. The van der Waals surface area contributed by atoms with Gasteiger partial charge in [-0.3, -0.25) is 4.79 Å². The predicted molar refractivity (Wildman–Crippen MR) is 99.4 cm³/mol. The van der Waals surface area contributed by atoms with E-state index in [-0.39, 0.29) is 28.3 Å². The van der Waals surface area contributed by atoms with Crippen LogP contribution in [0.3, 0.4) is 0 Å². The molecule has 0 aromatic carbocycles. The normalized spacial score (nSPS) is 55.0. The van der Waals surface area contributed by atoms with E-state index in [2.05, 4.69) is 44.1 Å². The fourth-order valence-corrected chi connectivity index (χ4v) is 7.40. The monoisotopic (exact) mass is 354 g/mol. The number of carbonyl (C=O) groups is 1. The second kappa shape index (κ2) is 6.03. The van der Waals surface area contributed by atoms with E-state index in [4.69, 9.17) is 4.52 Å². The molecular weight excluding hydrogens is 319 g/mol. The Morgan fingerprint density at radius 1 is 1.29 bits per heavy atom. The van der Waals surface area contributed by atoms with Crippen LogP contribution < -0.4 is 0 Å². The van der Waals surface area contributed by atoms with Crippen LogP contribution in [-0.4, -0.2) is 23.1 Å². The van der Waals surface area contributed by atoms with E-state index in [0.29, 0.717) is 30.5 Å². The van der Waals surface area contributed by atoms with Crippen molar-refractivity contribution in [1.29, 1.82) is 0 Å². The molecular formula is C20H35O3P. The van der Waals surface area contributed by atoms with E-state index < -0.39 is 6.10 Å². The summed E-state index contributed by atoms with van der Waals surface area (Å²) in [4.78, 5) is 13.0. The highest BCUT2D eigenvalue weighted by Gasteiger charge is 2.67. The number of ketones is 1. The van der Waals surface area contributed by atoms with Crippen LogP contribution in [0.15, 0.2) is 0 Å². The molecule has 3 nitrogen and oxygen atoms in total. The first-order valence-electron chi connectivity index (χ1n) is 9.73. The van der Waals surface area contributed by atoms with Gasteiger partial charge in [-0.1, -0.05) is 34.6 Å². The van der Waals surface area contributed by atoms with Crippen LogP contribution in [0.25, 0.3) is 0 Å². The second-order valence-electron chi connectivity index (χ2n) is 9.51. The summed E-state index contributed by atoms with van der Waals surface area (Å²) >= 11 is 0. The highest BCUT2D eigenvalue weighted by molar-refractivity contribution is 7.09. The average molecular weight is 354 g/mol. The molecule has 4 heteroatoms. The van der Waals surface area contributed by atoms with Gasteiger partial charge in [0.25, 0.3) is 0 Å². The summed E-state index contributed by atoms with van der Waals surface area (Å²) in [6.45, 7) is 11.2. The van der Waals surface area contributed by atoms with E-state index in [0.717, 1.165) is 25.7 Å². The van der Waals surface area contributed by atoms with Crippen molar-refractivity contribution in [3.8, 4) is 0 Å². The summed E-state index contributed by atoms with van der Waals surface area (Å²) in [5, 5.41) is 11.4. The van der Waals surface area contributed by atoms with E-state index in [1.165, 1.54) is 0 Å². The maximum Gasteiger partial charge on any atom is 0.137 e. The second-order valence-corrected chi connectivity index (χ2v) is 9.78. The molecule has 3 aliphatic carbocycles. The van der Waals surface area contributed by atoms with Gasteiger partial charge in [-0.2, -0.15) is 0 Å². The van der Waals surface area contributed by atoms with E-state index in [1.807, 2.05) is 0 Å². The van der Waals surface area contributed by atoms with Gasteiger partial charge < -0.3 is 9.63 Å². The van der Waals surface area contributed by atoms with Crippen molar-refractivity contribution in [2.45, 2.75) is 85.4 Å². The molecule has 0 amide bonds. The maximum absolute atomic E-state index is 13.0. The maximum atomic E-state index is 13.0. The molecule has 3 aliphatic rings. The molecule has 24 heavy (non-hydrogen) atoms. The number of rotatable bonds is 2. The van der Waals surface area contributed by atoms with Gasteiger partial charge in [-0.25, -0.2) is 0 Å². The third kappa shape index (κ3) is 2.23. The average Bonchev–Trinajstić information content (AvgIpc) is 2.89. The largest absolute Gasteiger partial charge is 0.393 e. The standard InChI is InChI=1S/C20H35O3P/c1-6-18(4)11-15(22)19(5)12(2)7-9-20(13(3)17(18)23-24)10-8-14(21)16(19)20/h12-13,15-17,22H,6-11,24H2,1-5H3/t12-,13+,15-,16?,17+,18-,19+,20+/m1/s1. The zero-order valence-corrected chi connectivity index (χ0v) is 17.1. The van der Waals surface area contributed by atoms with Gasteiger partial charge in [0.05, 0.1) is 12.2 Å². The van der Waals surface area contributed by atoms with Gasteiger partial charge in [0.2, 0.25) is 0 Å². The molecule has 0 saturated heterocycles. The summed E-state index contributed by atoms with van der Waals surface area (Å²) in [6, 6.07) is 0. The molecule has 3 fully saturated rings. The minimum atomic E-state index is -0.445. The Kier molecular flexibility index (Phi) is 4.72. The van der Waals surface area contributed by atoms with Gasteiger partial charge in [0.15, 0.2) is 0 Å².